The van der Waals surface area contributed by atoms with E-state index in [1.807, 2.05) is 0 Å². The van der Waals surface area contributed by atoms with Gasteiger partial charge in [-0.3, -0.25) is 9.69 Å². The van der Waals surface area contributed by atoms with Crippen molar-refractivity contribution in [3.05, 3.63) is 29.8 Å². The molecule has 0 saturated carbocycles. The topological polar surface area (TPSA) is 73.6 Å². The van der Waals surface area contributed by atoms with Gasteiger partial charge in [-0.05, 0) is 43.7 Å². The molecule has 1 heterocycles. The molecule has 0 radical (unpaired) electrons. The van der Waals surface area contributed by atoms with Gasteiger partial charge in [0.05, 0.1) is 17.6 Å². The fourth-order valence-corrected chi connectivity index (χ4v) is 2.38. The Hall–Kier alpha value is -2.06. The first-order valence-corrected chi connectivity index (χ1v) is 6.77. The summed E-state index contributed by atoms with van der Waals surface area (Å²) in [6, 6.07) is 9.04. The van der Waals surface area contributed by atoms with E-state index in [1.165, 1.54) is 0 Å². The summed E-state index contributed by atoms with van der Waals surface area (Å²) in [5, 5.41) is 17.7. The number of hydrogen-bond donors (Lipinski definition) is 1. The van der Waals surface area contributed by atoms with E-state index in [2.05, 4.69) is 11.0 Å². The van der Waals surface area contributed by atoms with Crippen LogP contribution in [-0.4, -0.2) is 42.2 Å². The molecule has 0 spiro atoms. The number of nitrogens with zero attached hydrogens (tertiary/aromatic N) is 2. The van der Waals surface area contributed by atoms with Gasteiger partial charge in [0.1, 0.15) is 12.4 Å². The molecule has 1 N–H and O–H groups in total. The number of aliphatic carboxylic acids is 1. The summed E-state index contributed by atoms with van der Waals surface area (Å²) in [6.45, 7) is 2.79. The molecule has 0 amide bonds. The molecule has 0 bridgehead atoms. The maximum Gasteiger partial charge on any atom is 0.307 e. The maximum atomic E-state index is 11.0. The van der Waals surface area contributed by atoms with E-state index in [0.717, 1.165) is 31.7 Å². The second-order valence-corrected chi connectivity index (χ2v) is 4.96. The summed E-state index contributed by atoms with van der Waals surface area (Å²) >= 11 is 0. The number of carboxylic acid groups (broad SMARTS) is 1. The second-order valence-electron chi connectivity index (χ2n) is 4.96. The molecule has 20 heavy (non-hydrogen) atoms. The molecule has 1 unspecified atom stereocenters. The fourth-order valence-electron chi connectivity index (χ4n) is 2.38. The fraction of sp³-hybridized carbons (Fsp3) is 0.467. The molecular formula is C15H18N2O3. The van der Waals surface area contributed by atoms with Crippen molar-refractivity contribution >= 4 is 5.97 Å². The van der Waals surface area contributed by atoms with Gasteiger partial charge in [-0.15, -0.1) is 0 Å². The van der Waals surface area contributed by atoms with Crippen molar-refractivity contribution in [1.29, 1.82) is 5.26 Å². The first kappa shape index (κ1) is 14.4. The first-order valence-electron chi connectivity index (χ1n) is 6.77. The average Bonchev–Trinajstić information content (AvgIpc) is 2.48. The highest BCUT2D eigenvalue weighted by Gasteiger charge is 2.24. The van der Waals surface area contributed by atoms with Gasteiger partial charge in [0.2, 0.25) is 0 Å². The highest BCUT2D eigenvalue weighted by atomic mass is 16.5. The molecule has 1 aromatic rings. The summed E-state index contributed by atoms with van der Waals surface area (Å²) in [6.07, 6.45) is 1.69. The van der Waals surface area contributed by atoms with E-state index in [1.54, 1.807) is 24.3 Å². The molecule has 5 nitrogen and oxygen atoms in total. The third-order valence-corrected chi connectivity index (χ3v) is 3.51. The number of carboxylic acids is 1. The Morgan fingerprint density at radius 2 is 2.20 bits per heavy atom. The minimum absolute atomic E-state index is 0.251. The van der Waals surface area contributed by atoms with Crippen LogP contribution in [0.2, 0.25) is 0 Å². The van der Waals surface area contributed by atoms with Crippen LogP contribution in [0.25, 0.3) is 0 Å². The zero-order valence-corrected chi connectivity index (χ0v) is 11.3. The number of nitriles is 1. The number of ether oxygens (including phenoxy) is 1. The van der Waals surface area contributed by atoms with Gasteiger partial charge in [-0.1, -0.05) is 0 Å². The number of piperidine rings is 1. The third kappa shape index (κ3) is 3.97. The highest BCUT2D eigenvalue weighted by Crippen LogP contribution is 2.16. The number of hydrogen-bond acceptors (Lipinski definition) is 4. The largest absolute Gasteiger partial charge is 0.492 e. The maximum absolute atomic E-state index is 11.0. The lowest BCUT2D eigenvalue weighted by Crippen LogP contribution is -2.40. The lowest BCUT2D eigenvalue weighted by molar-refractivity contribution is -0.143. The molecule has 0 aromatic heterocycles. The first-order chi connectivity index (χ1) is 9.69. The summed E-state index contributed by atoms with van der Waals surface area (Å²) in [7, 11) is 0. The van der Waals surface area contributed by atoms with E-state index in [4.69, 9.17) is 15.1 Å². The van der Waals surface area contributed by atoms with Gasteiger partial charge >= 0.3 is 5.97 Å². The quantitative estimate of drug-likeness (QED) is 0.885. The standard InChI is InChI=1S/C15H18N2O3/c16-10-12-3-5-14(6-4-12)20-9-8-17-7-1-2-13(11-17)15(18)19/h3-6,13H,1-2,7-9,11H2,(H,18,19). The van der Waals surface area contributed by atoms with Crippen LogP contribution in [0.4, 0.5) is 0 Å². The van der Waals surface area contributed by atoms with Crippen LogP contribution < -0.4 is 4.74 Å². The van der Waals surface area contributed by atoms with E-state index < -0.39 is 5.97 Å². The highest BCUT2D eigenvalue weighted by molar-refractivity contribution is 5.70. The van der Waals surface area contributed by atoms with Gasteiger partial charge in [0, 0.05) is 13.1 Å². The minimum Gasteiger partial charge on any atom is -0.492 e. The van der Waals surface area contributed by atoms with Crippen molar-refractivity contribution in [2.45, 2.75) is 12.8 Å². The van der Waals surface area contributed by atoms with E-state index >= 15 is 0 Å². The molecular weight excluding hydrogens is 256 g/mol. The van der Waals surface area contributed by atoms with Crippen LogP contribution in [0.15, 0.2) is 24.3 Å². The molecule has 1 aliphatic rings. The zero-order chi connectivity index (χ0) is 14.4. The van der Waals surface area contributed by atoms with Crippen LogP contribution in [0.5, 0.6) is 5.75 Å². The molecule has 1 aromatic carbocycles. The summed E-state index contributed by atoms with van der Waals surface area (Å²) in [5.41, 5.74) is 0.609. The molecule has 1 fully saturated rings. The predicted octanol–water partition coefficient (Wildman–Crippen LogP) is 1.73. The molecule has 106 valence electrons. The SMILES string of the molecule is N#Cc1ccc(OCCN2CCCC(C(=O)O)C2)cc1. The van der Waals surface area contributed by atoms with Crippen LogP contribution >= 0.6 is 0 Å². The Morgan fingerprint density at radius 3 is 2.85 bits per heavy atom. The summed E-state index contributed by atoms with van der Waals surface area (Å²) < 4.78 is 5.61. The third-order valence-electron chi connectivity index (χ3n) is 3.51. The Labute approximate surface area is 118 Å². The summed E-state index contributed by atoms with van der Waals surface area (Å²) in [5.74, 6) is -0.225. The zero-order valence-electron chi connectivity index (χ0n) is 11.3. The lowest BCUT2D eigenvalue weighted by Gasteiger charge is -2.30. The average molecular weight is 274 g/mol. The van der Waals surface area contributed by atoms with Crippen LogP contribution in [-0.2, 0) is 4.79 Å². The van der Waals surface area contributed by atoms with Gasteiger partial charge in [0.15, 0.2) is 0 Å². The number of carbonyl (C=O) groups is 1. The van der Waals surface area contributed by atoms with Crippen LogP contribution in [0, 0.1) is 17.2 Å². The molecule has 1 aliphatic heterocycles. The normalized spacial score (nSPS) is 19.2. The van der Waals surface area contributed by atoms with Crippen LogP contribution in [0.3, 0.4) is 0 Å². The Kier molecular flexibility index (Phi) is 4.97. The Morgan fingerprint density at radius 1 is 1.45 bits per heavy atom. The smallest absolute Gasteiger partial charge is 0.307 e. The van der Waals surface area contributed by atoms with Crippen molar-refractivity contribution in [1.82, 2.24) is 4.90 Å². The van der Waals surface area contributed by atoms with Crippen molar-refractivity contribution in [2.75, 3.05) is 26.2 Å². The number of benzene rings is 1. The van der Waals surface area contributed by atoms with Crippen molar-refractivity contribution < 1.29 is 14.6 Å². The van der Waals surface area contributed by atoms with Crippen molar-refractivity contribution in [3.8, 4) is 11.8 Å². The predicted molar refractivity (Wildman–Crippen MR) is 73.5 cm³/mol. The van der Waals surface area contributed by atoms with Crippen molar-refractivity contribution in [3.63, 3.8) is 0 Å². The Balaban J connectivity index is 1.75. The molecule has 0 aliphatic carbocycles. The lowest BCUT2D eigenvalue weighted by atomic mass is 9.98. The molecule has 1 atom stereocenters. The monoisotopic (exact) mass is 274 g/mol. The van der Waals surface area contributed by atoms with E-state index in [0.29, 0.717) is 18.7 Å². The molecule has 2 rings (SSSR count). The number of rotatable bonds is 5. The van der Waals surface area contributed by atoms with Gasteiger partial charge in [-0.2, -0.15) is 5.26 Å². The van der Waals surface area contributed by atoms with E-state index in [-0.39, 0.29) is 5.92 Å². The van der Waals surface area contributed by atoms with Gasteiger partial charge in [0.25, 0.3) is 0 Å². The number of likely N-dealkylation sites (tertiary alicyclic amines) is 1. The van der Waals surface area contributed by atoms with Gasteiger partial charge < -0.3 is 9.84 Å². The second kappa shape index (κ2) is 6.92. The minimum atomic E-state index is -0.706. The van der Waals surface area contributed by atoms with Crippen LogP contribution in [0.1, 0.15) is 18.4 Å². The van der Waals surface area contributed by atoms with Gasteiger partial charge in [-0.25, -0.2) is 0 Å². The molecule has 5 heteroatoms. The van der Waals surface area contributed by atoms with E-state index in [9.17, 15) is 4.79 Å². The Bertz CT molecular complexity index is 493. The van der Waals surface area contributed by atoms with Crippen molar-refractivity contribution in [2.24, 2.45) is 5.92 Å². The molecule has 1 saturated heterocycles. The summed E-state index contributed by atoms with van der Waals surface area (Å²) in [4.78, 5) is 13.1.